The number of fused-ring (bicyclic) bond motifs is 2. The molecule has 4 heteroatoms. The molecule has 1 heterocycles. The molecule has 0 radical (unpaired) electrons. The second kappa shape index (κ2) is 7.26. The molecule has 0 N–H and O–H groups in total. The first-order chi connectivity index (χ1) is 12.8. The number of carbonyl (C=O) groups excluding carboxylic acids is 1. The third kappa shape index (κ3) is 3.20. The summed E-state index contributed by atoms with van der Waals surface area (Å²) in [5, 5.41) is 3.39. The summed E-state index contributed by atoms with van der Waals surface area (Å²) in [6.45, 7) is 2.12. The summed E-state index contributed by atoms with van der Waals surface area (Å²) < 4.78 is 11.0. The molecular weight excluding hydrogens is 344 g/mol. The normalized spacial score (nSPS) is 11.1. The van der Waals surface area contributed by atoms with Crippen molar-refractivity contribution in [3.05, 3.63) is 78.1 Å². The van der Waals surface area contributed by atoms with E-state index < -0.39 is 5.97 Å². The Morgan fingerprint density at radius 3 is 2.62 bits per heavy atom. The van der Waals surface area contributed by atoms with Crippen molar-refractivity contribution in [3.8, 4) is 0 Å². The molecule has 0 bridgehead atoms. The molecule has 0 amide bonds. The first-order valence-electron chi connectivity index (χ1n) is 8.55. The fourth-order valence-corrected chi connectivity index (χ4v) is 3.99. The molecular formula is C22H18O3S. The summed E-state index contributed by atoms with van der Waals surface area (Å²) >= 11 is 1.69. The van der Waals surface area contributed by atoms with Crippen LogP contribution >= 0.6 is 11.8 Å². The molecule has 0 aliphatic heterocycles. The number of carbonyl (C=O) groups is 1. The highest BCUT2D eigenvalue weighted by molar-refractivity contribution is 7.98. The van der Waals surface area contributed by atoms with E-state index in [1.165, 1.54) is 10.8 Å². The topological polar surface area (TPSA) is 39.4 Å². The maximum atomic E-state index is 12.3. The third-order valence-corrected chi connectivity index (χ3v) is 5.28. The standard InChI is InChI=1S/C22H18O3S/c1-2-24-22(23)21-19(18-9-5-6-10-20(18)25-21)14-26-17-12-11-15-7-3-4-8-16(15)13-17/h3-13H,2,14H2,1H3. The smallest absolute Gasteiger partial charge is 0.374 e. The summed E-state index contributed by atoms with van der Waals surface area (Å²) in [6.07, 6.45) is 0. The third-order valence-electron chi connectivity index (χ3n) is 4.26. The Morgan fingerprint density at radius 2 is 1.77 bits per heavy atom. The molecule has 0 unspecified atom stereocenters. The molecule has 0 saturated heterocycles. The Hall–Kier alpha value is -2.72. The van der Waals surface area contributed by atoms with Crippen LogP contribution in [0.4, 0.5) is 0 Å². The lowest BCUT2D eigenvalue weighted by Crippen LogP contribution is -2.05. The highest BCUT2D eigenvalue weighted by Crippen LogP contribution is 2.33. The van der Waals surface area contributed by atoms with Crippen molar-refractivity contribution in [2.45, 2.75) is 17.6 Å². The van der Waals surface area contributed by atoms with Crippen LogP contribution in [-0.4, -0.2) is 12.6 Å². The number of furan rings is 1. The molecule has 0 spiro atoms. The van der Waals surface area contributed by atoms with E-state index in [9.17, 15) is 4.79 Å². The Bertz CT molecular complexity index is 1080. The second-order valence-corrected chi connectivity index (χ2v) is 6.97. The van der Waals surface area contributed by atoms with E-state index in [0.717, 1.165) is 15.8 Å². The Balaban J connectivity index is 1.66. The number of ether oxygens (including phenoxy) is 1. The van der Waals surface area contributed by atoms with Crippen molar-refractivity contribution in [3.63, 3.8) is 0 Å². The van der Waals surface area contributed by atoms with Gasteiger partial charge in [-0.2, -0.15) is 0 Å². The zero-order chi connectivity index (χ0) is 17.9. The van der Waals surface area contributed by atoms with Crippen molar-refractivity contribution in [2.75, 3.05) is 6.61 Å². The first kappa shape index (κ1) is 16.7. The molecule has 0 fully saturated rings. The largest absolute Gasteiger partial charge is 0.460 e. The Kier molecular flexibility index (Phi) is 4.67. The molecule has 4 rings (SSSR count). The predicted octanol–water partition coefficient (Wildman–Crippen LogP) is 6.06. The summed E-state index contributed by atoms with van der Waals surface area (Å²) in [5.41, 5.74) is 1.60. The average molecular weight is 362 g/mol. The number of thioether (sulfide) groups is 1. The van der Waals surface area contributed by atoms with E-state index >= 15 is 0 Å². The highest BCUT2D eigenvalue weighted by Gasteiger charge is 2.21. The average Bonchev–Trinajstić information content (AvgIpc) is 3.05. The van der Waals surface area contributed by atoms with E-state index in [-0.39, 0.29) is 0 Å². The van der Waals surface area contributed by atoms with Gasteiger partial charge in [-0.25, -0.2) is 4.79 Å². The molecule has 0 saturated carbocycles. The van der Waals surface area contributed by atoms with Crippen LogP contribution in [0.15, 0.2) is 76.0 Å². The molecule has 0 atom stereocenters. The van der Waals surface area contributed by atoms with Crippen LogP contribution in [0.3, 0.4) is 0 Å². The lowest BCUT2D eigenvalue weighted by Gasteiger charge is -2.05. The number of hydrogen-bond donors (Lipinski definition) is 0. The quantitative estimate of drug-likeness (QED) is 0.320. The minimum absolute atomic E-state index is 0.307. The van der Waals surface area contributed by atoms with E-state index in [0.29, 0.717) is 23.7 Å². The number of para-hydroxylation sites is 1. The minimum atomic E-state index is -0.405. The van der Waals surface area contributed by atoms with Crippen molar-refractivity contribution in [2.24, 2.45) is 0 Å². The fourth-order valence-electron chi connectivity index (χ4n) is 3.02. The van der Waals surface area contributed by atoms with Crippen LogP contribution in [0.25, 0.3) is 21.7 Å². The second-order valence-electron chi connectivity index (χ2n) is 5.92. The number of hydrogen-bond acceptors (Lipinski definition) is 4. The number of rotatable bonds is 5. The summed E-state index contributed by atoms with van der Waals surface area (Å²) in [6, 6.07) is 22.4. The van der Waals surface area contributed by atoms with Crippen molar-refractivity contribution < 1.29 is 13.9 Å². The Labute approximate surface area is 156 Å². The van der Waals surface area contributed by atoms with Crippen LogP contribution in [0, 0.1) is 0 Å². The molecule has 0 aliphatic carbocycles. The van der Waals surface area contributed by atoms with Gasteiger partial charge >= 0.3 is 5.97 Å². The summed E-state index contributed by atoms with van der Waals surface area (Å²) in [4.78, 5) is 13.5. The predicted molar refractivity (Wildman–Crippen MR) is 106 cm³/mol. The van der Waals surface area contributed by atoms with Crippen LogP contribution in [0.2, 0.25) is 0 Å². The SMILES string of the molecule is CCOC(=O)c1oc2ccccc2c1CSc1ccc2ccccc2c1. The summed E-state index contributed by atoms with van der Waals surface area (Å²) in [7, 11) is 0. The monoisotopic (exact) mass is 362 g/mol. The molecule has 3 aromatic carbocycles. The van der Waals surface area contributed by atoms with Crippen LogP contribution < -0.4 is 0 Å². The van der Waals surface area contributed by atoms with E-state index in [1.54, 1.807) is 18.7 Å². The van der Waals surface area contributed by atoms with Crippen LogP contribution in [-0.2, 0) is 10.5 Å². The van der Waals surface area contributed by atoms with Gasteiger partial charge in [-0.3, -0.25) is 0 Å². The van der Waals surface area contributed by atoms with E-state index in [2.05, 4.69) is 30.3 Å². The van der Waals surface area contributed by atoms with Crippen molar-refractivity contribution >= 4 is 39.5 Å². The molecule has 3 nitrogen and oxygen atoms in total. The van der Waals surface area contributed by atoms with Gasteiger partial charge in [0.1, 0.15) is 5.58 Å². The highest BCUT2D eigenvalue weighted by atomic mass is 32.2. The minimum Gasteiger partial charge on any atom is -0.460 e. The van der Waals surface area contributed by atoms with Gasteiger partial charge in [-0.05, 0) is 35.9 Å². The molecule has 1 aromatic heterocycles. The lowest BCUT2D eigenvalue weighted by atomic mass is 10.1. The maximum Gasteiger partial charge on any atom is 0.374 e. The van der Waals surface area contributed by atoms with Gasteiger partial charge in [-0.1, -0.05) is 48.5 Å². The van der Waals surface area contributed by atoms with Crippen LogP contribution in [0.5, 0.6) is 0 Å². The van der Waals surface area contributed by atoms with Gasteiger partial charge in [0.15, 0.2) is 0 Å². The Morgan fingerprint density at radius 1 is 1.00 bits per heavy atom. The van der Waals surface area contributed by atoms with Gasteiger partial charge in [0.2, 0.25) is 5.76 Å². The van der Waals surface area contributed by atoms with Crippen molar-refractivity contribution in [1.29, 1.82) is 0 Å². The molecule has 26 heavy (non-hydrogen) atoms. The summed E-state index contributed by atoms with van der Waals surface area (Å²) in [5.74, 6) is 0.544. The molecule has 0 aliphatic rings. The zero-order valence-electron chi connectivity index (χ0n) is 14.4. The molecule has 4 aromatic rings. The number of benzene rings is 3. The van der Waals surface area contributed by atoms with Gasteiger partial charge < -0.3 is 9.15 Å². The van der Waals surface area contributed by atoms with Gasteiger partial charge in [0.25, 0.3) is 0 Å². The van der Waals surface area contributed by atoms with Gasteiger partial charge in [-0.15, -0.1) is 11.8 Å². The maximum absolute atomic E-state index is 12.3. The lowest BCUT2D eigenvalue weighted by molar-refractivity contribution is 0.0491. The van der Waals surface area contributed by atoms with Gasteiger partial charge in [0, 0.05) is 21.6 Å². The van der Waals surface area contributed by atoms with E-state index in [1.807, 2.05) is 36.4 Å². The fraction of sp³-hybridized carbons (Fsp3) is 0.136. The first-order valence-corrected chi connectivity index (χ1v) is 9.54. The number of esters is 1. The van der Waals surface area contributed by atoms with E-state index in [4.69, 9.17) is 9.15 Å². The molecule has 130 valence electrons. The van der Waals surface area contributed by atoms with Gasteiger partial charge in [0.05, 0.1) is 6.61 Å². The van der Waals surface area contributed by atoms with Crippen molar-refractivity contribution in [1.82, 2.24) is 0 Å². The zero-order valence-corrected chi connectivity index (χ0v) is 15.2. The van der Waals surface area contributed by atoms with Crippen LogP contribution in [0.1, 0.15) is 23.0 Å².